The van der Waals surface area contributed by atoms with Crippen LogP contribution in [0.2, 0.25) is 10.0 Å². The molecule has 1 amide bonds. The van der Waals surface area contributed by atoms with Crippen LogP contribution in [0.25, 0.3) is 5.69 Å². The fourth-order valence-electron chi connectivity index (χ4n) is 2.83. The fourth-order valence-corrected chi connectivity index (χ4v) is 4.55. The third kappa shape index (κ3) is 4.87. The fraction of sp³-hybridized carbons (Fsp3) is 0.150. The number of carbonyl (C=O) groups is 1. The molecule has 0 radical (unpaired) electrons. The van der Waals surface area contributed by atoms with E-state index in [0.717, 1.165) is 8.99 Å². The highest BCUT2D eigenvalue weighted by atomic mass is 35.5. The van der Waals surface area contributed by atoms with Crippen LogP contribution in [0.4, 0.5) is 5.69 Å². The van der Waals surface area contributed by atoms with E-state index >= 15 is 0 Å². The first-order valence-electron chi connectivity index (χ1n) is 9.14. The number of ether oxygens (including phenoxy) is 1. The standard InChI is InChI=1S/C20H18Cl2N4O5S/c1-31-15-6-2-13(3-7-15)25(11-10-18(23)27)32(29,30)16-8-4-14(5-9-16)26-20(28)19(22)17(21)12-24-26/h2-9,12H,10-11H2,1H3,(H2,23,27). The number of sulfonamides is 1. The largest absolute Gasteiger partial charge is 0.497 e. The van der Waals surface area contributed by atoms with Gasteiger partial charge in [0.1, 0.15) is 10.8 Å². The van der Waals surface area contributed by atoms with Crippen molar-refractivity contribution in [2.45, 2.75) is 11.3 Å². The van der Waals surface area contributed by atoms with Crippen molar-refractivity contribution in [1.29, 1.82) is 0 Å². The number of nitrogens with two attached hydrogens (primary N) is 1. The Labute approximate surface area is 194 Å². The van der Waals surface area contributed by atoms with Gasteiger partial charge in [0.2, 0.25) is 5.91 Å². The van der Waals surface area contributed by atoms with Crippen molar-refractivity contribution in [3.05, 3.63) is 75.1 Å². The molecule has 0 aliphatic rings. The van der Waals surface area contributed by atoms with Gasteiger partial charge in [0.15, 0.2) is 0 Å². The molecule has 3 aromatic rings. The number of primary amides is 1. The minimum absolute atomic E-state index is 0.0108. The molecule has 0 unspecified atom stereocenters. The number of aromatic nitrogens is 2. The highest BCUT2D eigenvalue weighted by Gasteiger charge is 2.25. The zero-order valence-corrected chi connectivity index (χ0v) is 19.1. The predicted octanol–water partition coefficient (Wildman–Crippen LogP) is 2.62. The zero-order chi connectivity index (χ0) is 23.5. The Morgan fingerprint density at radius 2 is 1.75 bits per heavy atom. The predicted molar refractivity (Wildman–Crippen MR) is 121 cm³/mol. The van der Waals surface area contributed by atoms with Crippen molar-refractivity contribution < 1.29 is 17.9 Å². The van der Waals surface area contributed by atoms with Crippen molar-refractivity contribution in [3.63, 3.8) is 0 Å². The summed E-state index contributed by atoms with van der Waals surface area (Å²) in [6, 6.07) is 11.8. The molecule has 0 fully saturated rings. The molecular formula is C20H18Cl2N4O5S. The molecular weight excluding hydrogens is 479 g/mol. The molecule has 0 aliphatic heterocycles. The SMILES string of the molecule is COc1ccc(N(CCC(N)=O)S(=O)(=O)c2ccc(-n3ncc(Cl)c(Cl)c3=O)cc2)cc1. The summed E-state index contributed by atoms with van der Waals surface area (Å²) < 4.78 is 33.8. The maximum atomic E-state index is 13.3. The quantitative estimate of drug-likeness (QED) is 0.510. The van der Waals surface area contributed by atoms with E-state index in [1.807, 2.05) is 0 Å². The Bertz CT molecular complexity index is 1290. The van der Waals surface area contributed by atoms with Crippen LogP contribution in [-0.4, -0.2) is 37.8 Å². The minimum Gasteiger partial charge on any atom is -0.497 e. The van der Waals surface area contributed by atoms with Gasteiger partial charge in [0.25, 0.3) is 15.6 Å². The van der Waals surface area contributed by atoms with Crippen LogP contribution >= 0.6 is 23.2 Å². The number of rotatable bonds is 8. The molecule has 0 spiro atoms. The number of anilines is 1. The van der Waals surface area contributed by atoms with Crippen LogP contribution in [0.5, 0.6) is 5.75 Å². The summed E-state index contributed by atoms with van der Waals surface area (Å²) in [7, 11) is -2.57. The summed E-state index contributed by atoms with van der Waals surface area (Å²) in [5.74, 6) is -0.0935. The maximum Gasteiger partial charge on any atom is 0.291 e. The van der Waals surface area contributed by atoms with Gasteiger partial charge in [-0.3, -0.25) is 13.9 Å². The van der Waals surface area contributed by atoms with Gasteiger partial charge in [-0.1, -0.05) is 23.2 Å². The van der Waals surface area contributed by atoms with Gasteiger partial charge in [0, 0.05) is 13.0 Å². The van der Waals surface area contributed by atoms with Gasteiger partial charge >= 0.3 is 0 Å². The number of carbonyl (C=O) groups excluding carboxylic acids is 1. The monoisotopic (exact) mass is 496 g/mol. The number of hydrogen-bond acceptors (Lipinski definition) is 6. The summed E-state index contributed by atoms with van der Waals surface area (Å²) in [6.45, 7) is -0.153. The van der Waals surface area contributed by atoms with Gasteiger partial charge in [0.05, 0.1) is 34.6 Å². The molecule has 0 saturated heterocycles. The second kappa shape index (κ2) is 9.60. The smallest absolute Gasteiger partial charge is 0.291 e. The first kappa shape index (κ1) is 23.6. The average Bonchev–Trinajstić information content (AvgIpc) is 2.78. The van der Waals surface area contributed by atoms with Crippen molar-refractivity contribution in [2.75, 3.05) is 18.0 Å². The lowest BCUT2D eigenvalue weighted by Crippen LogP contribution is -2.34. The van der Waals surface area contributed by atoms with E-state index < -0.39 is 21.5 Å². The van der Waals surface area contributed by atoms with Crippen molar-refractivity contribution in [1.82, 2.24) is 9.78 Å². The Kier molecular flexibility index (Phi) is 7.07. The minimum atomic E-state index is -4.06. The number of nitrogens with zero attached hydrogens (tertiary/aromatic N) is 3. The highest BCUT2D eigenvalue weighted by molar-refractivity contribution is 7.92. The molecule has 2 aromatic carbocycles. The topological polar surface area (TPSA) is 125 Å². The van der Waals surface area contributed by atoms with Gasteiger partial charge in [-0.25, -0.2) is 8.42 Å². The number of hydrogen-bond donors (Lipinski definition) is 1. The van der Waals surface area contributed by atoms with Crippen molar-refractivity contribution in [3.8, 4) is 11.4 Å². The first-order chi connectivity index (χ1) is 15.1. The number of benzene rings is 2. The molecule has 0 atom stereocenters. The van der Waals surface area contributed by atoms with Crippen molar-refractivity contribution in [2.24, 2.45) is 5.73 Å². The van der Waals surface area contributed by atoms with Crippen LogP contribution < -0.4 is 20.3 Å². The summed E-state index contributed by atoms with van der Waals surface area (Å²) in [5, 5.41) is 3.73. The molecule has 0 saturated carbocycles. The Morgan fingerprint density at radius 3 is 2.31 bits per heavy atom. The van der Waals surface area contributed by atoms with Gasteiger partial charge < -0.3 is 10.5 Å². The van der Waals surface area contributed by atoms with Crippen LogP contribution in [0.1, 0.15) is 6.42 Å². The second-order valence-electron chi connectivity index (χ2n) is 6.51. The average molecular weight is 497 g/mol. The molecule has 32 heavy (non-hydrogen) atoms. The van der Waals surface area contributed by atoms with Gasteiger partial charge in [-0.2, -0.15) is 9.78 Å². The summed E-state index contributed by atoms with van der Waals surface area (Å²) in [4.78, 5) is 23.5. The van der Waals surface area contributed by atoms with Crippen molar-refractivity contribution >= 4 is 44.8 Å². The van der Waals surface area contributed by atoms with Crippen LogP contribution in [0, 0.1) is 0 Å². The van der Waals surface area contributed by atoms with E-state index in [2.05, 4.69) is 5.10 Å². The van der Waals surface area contributed by atoms with Gasteiger partial charge in [-0.15, -0.1) is 0 Å². The molecule has 1 aromatic heterocycles. The van der Waals surface area contributed by atoms with E-state index in [1.165, 1.54) is 37.6 Å². The molecule has 2 N–H and O–H groups in total. The number of amides is 1. The van der Waals surface area contributed by atoms with Gasteiger partial charge in [-0.05, 0) is 48.5 Å². The van der Waals surface area contributed by atoms with E-state index in [4.69, 9.17) is 33.7 Å². The van der Waals surface area contributed by atoms with E-state index in [-0.39, 0.29) is 27.9 Å². The van der Waals surface area contributed by atoms with Crippen LogP contribution in [-0.2, 0) is 14.8 Å². The Hall–Kier alpha value is -3.08. The van der Waals surface area contributed by atoms with Crippen LogP contribution in [0.15, 0.2) is 64.4 Å². The summed E-state index contributed by atoms with van der Waals surface area (Å²) in [6.07, 6.45) is 1.04. The molecule has 0 bridgehead atoms. The zero-order valence-electron chi connectivity index (χ0n) is 16.7. The summed E-state index contributed by atoms with van der Waals surface area (Å²) >= 11 is 11.7. The Balaban J connectivity index is 1.99. The first-order valence-corrected chi connectivity index (χ1v) is 11.3. The molecule has 168 valence electrons. The number of methoxy groups -OCH3 is 1. The molecule has 0 aliphatic carbocycles. The number of halogens is 2. The third-order valence-electron chi connectivity index (χ3n) is 4.47. The van der Waals surface area contributed by atoms with Crippen LogP contribution in [0.3, 0.4) is 0 Å². The lowest BCUT2D eigenvalue weighted by Gasteiger charge is -2.24. The highest BCUT2D eigenvalue weighted by Crippen LogP contribution is 2.27. The lowest BCUT2D eigenvalue weighted by atomic mass is 10.3. The molecule has 9 nitrogen and oxygen atoms in total. The van der Waals surface area contributed by atoms with E-state index in [0.29, 0.717) is 17.1 Å². The van der Waals surface area contributed by atoms with E-state index in [1.54, 1.807) is 24.3 Å². The van der Waals surface area contributed by atoms with E-state index in [9.17, 15) is 18.0 Å². The molecule has 3 rings (SSSR count). The maximum absolute atomic E-state index is 13.3. The molecule has 1 heterocycles. The second-order valence-corrected chi connectivity index (χ2v) is 9.16. The Morgan fingerprint density at radius 1 is 1.12 bits per heavy atom. The normalized spacial score (nSPS) is 11.2. The third-order valence-corrected chi connectivity index (χ3v) is 7.06. The molecule has 12 heteroatoms. The lowest BCUT2D eigenvalue weighted by molar-refractivity contribution is -0.117. The summed E-state index contributed by atoms with van der Waals surface area (Å²) in [5.41, 5.74) is 5.21.